The smallest absolute Gasteiger partial charge is 0.246 e. The zero-order chi connectivity index (χ0) is 20.6. The van der Waals surface area contributed by atoms with Crippen LogP contribution in [-0.4, -0.2) is 24.2 Å². The van der Waals surface area contributed by atoms with Crippen molar-refractivity contribution in [2.45, 2.75) is 20.0 Å². The highest BCUT2D eigenvalue weighted by molar-refractivity contribution is 7.09. The number of nitrogens with one attached hydrogen (secondary N) is 1. The average Bonchev–Trinajstić information content (AvgIpc) is 3.12. The van der Waals surface area contributed by atoms with Gasteiger partial charge in [0.2, 0.25) is 5.91 Å². The topological polar surface area (TPSA) is 72.8 Å². The number of carbonyl (C=O) groups is 1. The molecule has 150 valence electrons. The van der Waals surface area contributed by atoms with E-state index >= 15 is 0 Å². The third-order valence-corrected chi connectivity index (χ3v) is 4.84. The van der Waals surface area contributed by atoms with Crippen molar-refractivity contribution in [2.75, 3.05) is 7.11 Å². The first-order valence-electron chi connectivity index (χ1n) is 8.81. The number of halogens is 1. The van der Waals surface area contributed by atoms with Crippen molar-refractivity contribution in [1.29, 1.82) is 0 Å². The summed E-state index contributed by atoms with van der Waals surface area (Å²) in [5, 5.41) is 6.62. The molecule has 6 nitrogen and oxygen atoms in total. The molecule has 3 aromatic rings. The van der Waals surface area contributed by atoms with Crippen LogP contribution in [0.25, 0.3) is 0 Å². The van der Waals surface area contributed by atoms with Crippen LogP contribution in [-0.2, 0) is 17.8 Å². The molecule has 0 aliphatic rings. The van der Waals surface area contributed by atoms with Gasteiger partial charge in [-0.05, 0) is 48.4 Å². The van der Waals surface area contributed by atoms with Crippen LogP contribution in [0.4, 0.5) is 4.39 Å². The van der Waals surface area contributed by atoms with Crippen LogP contribution >= 0.6 is 11.3 Å². The Morgan fingerprint density at radius 3 is 2.72 bits per heavy atom. The fourth-order valence-electron chi connectivity index (χ4n) is 2.47. The Morgan fingerprint density at radius 1 is 1.24 bits per heavy atom. The van der Waals surface area contributed by atoms with Crippen LogP contribution in [0.1, 0.15) is 21.8 Å². The van der Waals surface area contributed by atoms with Crippen molar-refractivity contribution in [3.8, 4) is 11.5 Å². The zero-order valence-electron chi connectivity index (χ0n) is 16.0. The van der Waals surface area contributed by atoms with Crippen molar-refractivity contribution in [3.05, 3.63) is 75.5 Å². The number of methoxy groups -OCH3 is 1. The normalized spacial score (nSPS) is 10.9. The summed E-state index contributed by atoms with van der Waals surface area (Å²) in [7, 11) is 1.54. The van der Waals surface area contributed by atoms with Gasteiger partial charge in [-0.15, -0.1) is 11.3 Å². The van der Waals surface area contributed by atoms with Gasteiger partial charge in [-0.1, -0.05) is 12.1 Å². The predicted octanol–water partition coefficient (Wildman–Crippen LogP) is 3.87. The number of benzene rings is 2. The number of carbonyl (C=O) groups excluding carboxylic acids is 1. The maximum absolute atomic E-state index is 13.0. The molecule has 2 aromatic carbocycles. The lowest BCUT2D eigenvalue weighted by atomic mass is 10.2. The molecule has 0 bridgehead atoms. The summed E-state index contributed by atoms with van der Waals surface area (Å²) in [6.45, 7) is 2.17. The SMILES string of the molecule is COc1cc(/C=N\NC(=O)Cc2nc(C)cs2)ccc1OCc1ccc(F)cc1. The van der Waals surface area contributed by atoms with Gasteiger partial charge in [-0.25, -0.2) is 14.8 Å². The summed E-state index contributed by atoms with van der Waals surface area (Å²) in [6.07, 6.45) is 1.71. The molecule has 1 amide bonds. The van der Waals surface area contributed by atoms with Gasteiger partial charge in [-0.3, -0.25) is 4.79 Å². The molecule has 0 atom stereocenters. The minimum Gasteiger partial charge on any atom is -0.493 e. The Balaban J connectivity index is 1.56. The lowest BCUT2D eigenvalue weighted by molar-refractivity contribution is -0.120. The predicted molar refractivity (Wildman–Crippen MR) is 110 cm³/mol. The number of aromatic nitrogens is 1. The number of nitrogens with zero attached hydrogens (tertiary/aromatic N) is 2. The number of hydrogen-bond donors (Lipinski definition) is 1. The van der Waals surface area contributed by atoms with Crippen LogP contribution in [0, 0.1) is 12.7 Å². The Morgan fingerprint density at radius 2 is 2.03 bits per heavy atom. The molecule has 0 unspecified atom stereocenters. The summed E-state index contributed by atoms with van der Waals surface area (Å²) in [5.74, 6) is 0.559. The molecule has 0 spiro atoms. The number of ether oxygens (including phenoxy) is 2. The van der Waals surface area contributed by atoms with Crippen molar-refractivity contribution in [3.63, 3.8) is 0 Å². The molecule has 0 saturated carbocycles. The number of aryl methyl sites for hydroxylation is 1. The first-order valence-corrected chi connectivity index (χ1v) is 9.69. The van der Waals surface area contributed by atoms with Crippen LogP contribution in [0.2, 0.25) is 0 Å². The van der Waals surface area contributed by atoms with Gasteiger partial charge >= 0.3 is 0 Å². The molecule has 3 rings (SSSR count). The molecule has 0 fully saturated rings. The summed E-state index contributed by atoms with van der Waals surface area (Å²) >= 11 is 1.45. The van der Waals surface area contributed by atoms with Gasteiger partial charge in [0, 0.05) is 11.1 Å². The molecule has 0 aliphatic carbocycles. The zero-order valence-corrected chi connectivity index (χ0v) is 16.8. The van der Waals surface area contributed by atoms with E-state index in [0.717, 1.165) is 21.8 Å². The first-order chi connectivity index (χ1) is 14.0. The summed E-state index contributed by atoms with van der Waals surface area (Å²) in [6, 6.07) is 11.4. The molecule has 1 heterocycles. The number of amides is 1. The molecule has 1 N–H and O–H groups in total. The average molecular weight is 413 g/mol. The first kappa shape index (κ1) is 20.5. The molecular formula is C21H20FN3O3S. The third kappa shape index (κ3) is 6.11. The lowest BCUT2D eigenvalue weighted by Crippen LogP contribution is -2.19. The molecule has 29 heavy (non-hydrogen) atoms. The van der Waals surface area contributed by atoms with Crippen molar-refractivity contribution in [2.24, 2.45) is 5.10 Å². The second kappa shape index (κ2) is 9.79. The second-order valence-corrected chi connectivity index (χ2v) is 7.12. The van der Waals surface area contributed by atoms with E-state index in [1.165, 1.54) is 29.7 Å². The molecular weight excluding hydrogens is 393 g/mol. The Labute approximate surface area is 172 Å². The van der Waals surface area contributed by atoms with E-state index in [-0.39, 0.29) is 24.8 Å². The fourth-order valence-corrected chi connectivity index (χ4v) is 3.24. The number of rotatable bonds is 8. The molecule has 1 aromatic heterocycles. The van der Waals surface area contributed by atoms with Gasteiger partial charge in [0.05, 0.1) is 19.7 Å². The van der Waals surface area contributed by atoms with Gasteiger partial charge in [0.25, 0.3) is 0 Å². The lowest BCUT2D eigenvalue weighted by Gasteiger charge is -2.11. The van der Waals surface area contributed by atoms with E-state index in [2.05, 4.69) is 15.5 Å². The van der Waals surface area contributed by atoms with Crippen LogP contribution in [0.5, 0.6) is 11.5 Å². The number of hydrazone groups is 1. The maximum Gasteiger partial charge on any atom is 0.246 e. The molecule has 0 saturated heterocycles. The van der Waals surface area contributed by atoms with E-state index < -0.39 is 0 Å². The quantitative estimate of drug-likeness (QED) is 0.449. The van der Waals surface area contributed by atoms with Crippen LogP contribution in [0.3, 0.4) is 0 Å². The highest BCUT2D eigenvalue weighted by atomic mass is 32.1. The van der Waals surface area contributed by atoms with E-state index in [4.69, 9.17) is 9.47 Å². The Kier molecular flexibility index (Phi) is 6.91. The van der Waals surface area contributed by atoms with E-state index in [1.54, 1.807) is 37.4 Å². The summed E-state index contributed by atoms with van der Waals surface area (Å²) < 4.78 is 24.1. The van der Waals surface area contributed by atoms with Gasteiger partial charge in [0.1, 0.15) is 17.4 Å². The molecule has 0 aliphatic heterocycles. The standard InChI is InChI=1S/C21H20FN3O3S/c1-14-13-29-21(24-14)10-20(26)25-23-11-16-5-8-18(19(9-16)27-2)28-12-15-3-6-17(22)7-4-15/h3-9,11,13H,10,12H2,1-2H3,(H,25,26)/b23-11-. The van der Waals surface area contributed by atoms with Gasteiger partial charge < -0.3 is 9.47 Å². The summed E-state index contributed by atoms with van der Waals surface area (Å²) in [4.78, 5) is 16.2. The second-order valence-electron chi connectivity index (χ2n) is 6.18. The molecule has 8 heteroatoms. The maximum atomic E-state index is 13.0. The fraction of sp³-hybridized carbons (Fsp3) is 0.190. The van der Waals surface area contributed by atoms with Gasteiger partial charge in [0.15, 0.2) is 11.5 Å². The van der Waals surface area contributed by atoms with E-state index in [1.807, 2.05) is 12.3 Å². The van der Waals surface area contributed by atoms with Gasteiger partial charge in [-0.2, -0.15) is 5.10 Å². The van der Waals surface area contributed by atoms with E-state index in [9.17, 15) is 9.18 Å². The summed E-state index contributed by atoms with van der Waals surface area (Å²) in [5.41, 5.74) is 4.97. The van der Waals surface area contributed by atoms with Crippen molar-refractivity contribution < 1.29 is 18.7 Å². The minimum absolute atomic E-state index is 0.190. The minimum atomic E-state index is -0.288. The molecule has 0 radical (unpaired) electrons. The van der Waals surface area contributed by atoms with Crippen LogP contribution in [0.15, 0.2) is 52.9 Å². The largest absolute Gasteiger partial charge is 0.493 e. The number of thiazole rings is 1. The van der Waals surface area contributed by atoms with Crippen LogP contribution < -0.4 is 14.9 Å². The Bertz CT molecular complexity index is 1000. The highest BCUT2D eigenvalue weighted by Gasteiger charge is 2.07. The van der Waals surface area contributed by atoms with Crippen molar-refractivity contribution >= 4 is 23.5 Å². The monoisotopic (exact) mass is 413 g/mol. The highest BCUT2D eigenvalue weighted by Crippen LogP contribution is 2.28. The van der Waals surface area contributed by atoms with Crippen molar-refractivity contribution in [1.82, 2.24) is 10.4 Å². The Hall–Kier alpha value is -3.26. The van der Waals surface area contributed by atoms with E-state index in [0.29, 0.717) is 11.5 Å². The number of hydrogen-bond acceptors (Lipinski definition) is 6. The third-order valence-electron chi connectivity index (χ3n) is 3.88.